The molecule has 0 atom stereocenters. The van der Waals surface area contributed by atoms with E-state index in [0.29, 0.717) is 42.9 Å². The van der Waals surface area contributed by atoms with Crippen LogP contribution in [-0.2, 0) is 13.0 Å². The average molecular weight is 484 g/mol. The molecule has 1 amide bonds. The van der Waals surface area contributed by atoms with Crippen molar-refractivity contribution in [2.75, 3.05) is 36.4 Å². The quantitative estimate of drug-likeness (QED) is 0.384. The van der Waals surface area contributed by atoms with Crippen LogP contribution in [-0.4, -0.2) is 37.0 Å². The summed E-state index contributed by atoms with van der Waals surface area (Å²) in [5, 5.41) is 4.88. The van der Waals surface area contributed by atoms with Gasteiger partial charge in [-0.05, 0) is 65.8 Å². The minimum absolute atomic E-state index is 0.0759. The van der Waals surface area contributed by atoms with Crippen LogP contribution in [0.25, 0.3) is 10.8 Å². The van der Waals surface area contributed by atoms with E-state index in [1.54, 1.807) is 12.1 Å². The zero-order chi connectivity index (χ0) is 24.8. The number of benzene rings is 4. The fraction of sp³-hybridized carbons (Fsp3) is 0.233. The Labute approximate surface area is 209 Å². The molecule has 0 bridgehead atoms. The standard InChI is InChI=1S/C30H27F2N3O/c1-19-5-10-28(26(32)15-19)35-13-11-34(12-14-35)18-22-7-6-20(17-25(22)31)16-21-8-9-27-29-23(21)3-2-4-24(29)30(36)33-27/h2-10,15,17H,11-14,16,18H2,1H3,(H,33,36). The summed E-state index contributed by atoms with van der Waals surface area (Å²) in [6.07, 6.45) is 0.590. The predicted molar refractivity (Wildman–Crippen MR) is 140 cm³/mol. The molecule has 2 heterocycles. The normalized spacial score (nSPS) is 15.5. The maximum Gasteiger partial charge on any atom is 0.256 e. The van der Waals surface area contributed by atoms with E-state index in [1.807, 2.05) is 61.5 Å². The first-order chi connectivity index (χ1) is 17.5. The third-order valence-corrected chi connectivity index (χ3v) is 7.35. The smallest absolute Gasteiger partial charge is 0.256 e. The molecular formula is C30H27F2N3O. The summed E-state index contributed by atoms with van der Waals surface area (Å²) < 4.78 is 29.5. The molecule has 0 aromatic heterocycles. The topological polar surface area (TPSA) is 35.6 Å². The van der Waals surface area contributed by atoms with Crippen molar-refractivity contribution in [2.45, 2.75) is 19.9 Å². The summed E-state index contributed by atoms with van der Waals surface area (Å²) in [6.45, 7) is 5.34. The Balaban J connectivity index is 1.14. The number of nitrogens with zero attached hydrogens (tertiary/aromatic N) is 2. The van der Waals surface area contributed by atoms with Crippen LogP contribution in [0.5, 0.6) is 0 Å². The molecule has 1 saturated heterocycles. The summed E-state index contributed by atoms with van der Waals surface area (Å²) in [6, 6.07) is 20.5. The molecule has 6 rings (SSSR count). The number of carbonyl (C=O) groups excluding carboxylic acids is 1. The minimum Gasteiger partial charge on any atom is -0.367 e. The van der Waals surface area contributed by atoms with Crippen molar-refractivity contribution in [3.63, 3.8) is 0 Å². The fourth-order valence-electron chi connectivity index (χ4n) is 5.41. The summed E-state index contributed by atoms with van der Waals surface area (Å²) in [4.78, 5) is 16.5. The lowest BCUT2D eigenvalue weighted by molar-refractivity contribution is 0.103. The van der Waals surface area contributed by atoms with E-state index in [2.05, 4.69) is 15.1 Å². The maximum atomic E-state index is 15.1. The van der Waals surface area contributed by atoms with E-state index in [9.17, 15) is 9.18 Å². The van der Waals surface area contributed by atoms with E-state index in [1.165, 1.54) is 0 Å². The van der Waals surface area contributed by atoms with Crippen molar-refractivity contribution in [1.29, 1.82) is 0 Å². The second kappa shape index (κ2) is 9.03. The minimum atomic E-state index is -0.206. The third kappa shape index (κ3) is 4.11. The predicted octanol–water partition coefficient (Wildman–Crippen LogP) is 5.91. The average Bonchev–Trinajstić information content (AvgIpc) is 3.20. The van der Waals surface area contributed by atoms with Crippen LogP contribution >= 0.6 is 0 Å². The number of aryl methyl sites for hydroxylation is 1. The van der Waals surface area contributed by atoms with Gasteiger partial charge in [0.1, 0.15) is 11.6 Å². The van der Waals surface area contributed by atoms with Gasteiger partial charge in [0.15, 0.2) is 0 Å². The highest BCUT2D eigenvalue weighted by molar-refractivity contribution is 6.24. The van der Waals surface area contributed by atoms with E-state index < -0.39 is 0 Å². The van der Waals surface area contributed by atoms with Gasteiger partial charge in [-0.3, -0.25) is 9.69 Å². The molecule has 0 radical (unpaired) electrons. The van der Waals surface area contributed by atoms with Crippen LogP contribution in [0.15, 0.2) is 66.7 Å². The van der Waals surface area contributed by atoms with Gasteiger partial charge in [0.05, 0.1) is 5.69 Å². The number of halogens is 2. The molecule has 6 heteroatoms. The Morgan fingerprint density at radius 3 is 2.44 bits per heavy atom. The molecule has 1 fully saturated rings. The highest BCUT2D eigenvalue weighted by Gasteiger charge is 2.23. The van der Waals surface area contributed by atoms with E-state index in [0.717, 1.165) is 46.2 Å². The second-order valence-electron chi connectivity index (χ2n) is 9.78. The number of hydrogen-bond donors (Lipinski definition) is 1. The van der Waals surface area contributed by atoms with Crippen LogP contribution < -0.4 is 10.2 Å². The lowest BCUT2D eigenvalue weighted by Crippen LogP contribution is -2.46. The summed E-state index contributed by atoms with van der Waals surface area (Å²) in [7, 11) is 0. The Morgan fingerprint density at radius 2 is 1.67 bits per heavy atom. The van der Waals surface area contributed by atoms with Gasteiger partial charge in [-0.1, -0.05) is 36.4 Å². The van der Waals surface area contributed by atoms with E-state index in [-0.39, 0.29) is 17.5 Å². The Kier molecular flexibility index (Phi) is 5.69. The van der Waals surface area contributed by atoms with Crippen LogP contribution in [0.1, 0.15) is 32.6 Å². The number of amides is 1. The number of hydrogen-bond acceptors (Lipinski definition) is 3. The molecule has 4 aromatic carbocycles. The molecule has 0 spiro atoms. The molecule has 4 nitrogen and oxygen atoms in total. The van der Waals surface area contributed by atoms with Crippen LogP contribution in [0.2, 0.25) is 0 Å². The maximum absolute atomic E-state index is 15.1. The molecule has 1 N–H and O–H groups in total. The van der Waals surface area contributed by atoms with Gasteiger partial charge in [0.2, 0.25) is 0 Å². The molecule has 0 aliphatic carbocycles. The summed E-state index contributed by atoms with van der Waals surface area (Å²) in [5.74, 6) is -0.469. The Morgan fingerprint density at radius 1 is 0.861 bits per heavy atom. The third-order valence-electron chi connectivity index (χ3n) is 7.35. The number of anilines is 2. The highest BCUT2D eigenvalue weighted by atomic mass is 19.1. The van der Waals surface area contributed by atoms with E-state index in [4.69, 9.17) is 0 Å². The van der Waals surface area contributed by atoms with Crippen LogP contribution in [0.4, 0.5) is 20.2 Å². The molecular weight excluding hydrogens is 456 g/mol. The first-order valence-electron chi connectivity index (χ1n) is 12.3. The van der Waals surface area contributed by atoms with Gasteiger partial charge in [-0.25, -0.2) is 8.78 Å². The van der Waals surface area contributed by atoms with Gasteiger partial charge >= 0.3 is 0 Å². The van der Waals surface area contributed by atoms with Crippen molar-refractivity contribution in [3.05, 3.63) is 106 Å². The number of carbonyl (C=O) groups is 1. The first-order valence-corrected chi connectivity index (χ1v) is 12.3. The van der Waals surface area contributed by atoms with Crippen LogP contribution in [0, 0.1) is 18.6 Å². The molecule has 2 aliphatic rings. The van der Waals surface area contributed by atoms with Gasteiger partial charge in [-0.15, -0.1) is 0 Å². The summed E-state index contributed by atoms with van der Waals surface area (Å²) >= 11 is 0. The SMILES string of the molecule is Cc1ccc(N2CCN(Cc3ccc(Cc4ccc5c6c(cccc46)C(=O)N5)cc3F)CC2)c(F)c1. The fourth-order valence-corrected chi connectivity index (χ4v) is 5.41. The van der Waals surface area contributed by atoms with Crippen molar-refractivity contribution in [1.82, 2.24) is 4.90 Å². The Bertz CT molecular complexity index is 1490. The molecule has 4 aromatic rings. The lowest BCUT2D eigenvalue weighted by Gasteiger charge is -2.36. The monoisotopic (exact) mass is 483 g/mol. The zero-order valence-corrected chi connectivity index (χ0v) is 20.2. The van der Waals surface area contributed by atoms with Crippen LogP contribution in [0.3, 0.4) is 0 Å². The van der Waals surface area contributed by atoms with Crippen molar-refractivity contribution < 1.29 is 13.6 Å². The van der Waals surface area contributed by atoms with Crippen molar-refractivity contribution >= 4 is 28.1 Å². The largest absolute Gasteiger partial charge is 0.367 e. The van der Waals surface area contributed by atoms with Crippen molar-refractivity contribution in [2.24, 2.45) is 0 Å². The molecule has 2 aliphatic heterocycles. The van der Waals surface area contributed by atoms with Gasteiger partial charge in [0, 0.05) is 54.9 Å². The molecule has 0 saturated carbocycles. The lowest BCUT2D eigenvalue weighted by atomic mass is 9.95. The summed E-state index contributed by atoms with van der Waals surface area (Å²) in [5.41, 5.74) is 5.71. The number of nitrogens with one attached hydrogen (secondary N) is 1. The zero-order valence-electron chi connectivity index (χ0n) is 20.2. The highest BCUT2D eigenvalue weighted by Crippen LogP contribution is 2.35. The first kappa shape index (κ1) is 22.7. The number of rotatable bonds is 5. The number of piperazine rings is 1. The molecule has 36 heavy (non-hydrogen) atoms. The molecule has 182 valence electrons. The molecule has 0 unspecified atom stereocenters. The van der Waals surface area contributed by atoms with Gasteiger partial charge in [0.25, 0.3) is 5.91 Å². The van der Waals surface area contributed by atoms with Gasteiger partial charge < -0.3 is 10.2 Å². The van der Waals surface area contributed by atoms with Gasteiger partial charge in [-0.2, -0.15) is 0 Å². The Hall–Kier alpha value is -3.77. The van der Waals surface area contributed by atoms with E-state index >= 15 is 4.39 Å². The second-order valence-corrected chi connectivity index (χ2v) is 9.78. The van der Waals surface area contributed by atoms with Crippen molar-refractivity contribution in [3.8, 4) is 0 Å².